The van der Waals surface area contributed by atoms with Gasteiger partial charge in [0.25, 0.3) is 5.91 Å². The molecule has 0 aliphatic carbocycles. The van der Waals surface area contributed by atoms with Crippen molar-refractivity contribution in [3.8, 4) is 0 Å². The highest BCUT2D eigenvalue weighted by Crippen LogP contribution is 2.25. The Morgan fingerprint density at radius 1 is 1.05 bits per heavy atom. The van der Waals surface area contributed by atoms with Gasteiger partial charge in [-0.2, -0.15) is 4.72 Å². The molecule has 0 unspecified atom stereocenters. The Balaban J connectivity index is 1.42. The van der Waals surface area contributed by atoms with Crippen molar-refractivity contribution >= 4 is 50.2 Å². The number of hydrogen-bond donors (Lipinski definition) is 3. The summed E-state index contributed by atoms with van der Waals surface area (Å²) >= 11 is 6.15. The minimum Gasteiger partial charge on any atom is -0.351 e. The monoisotopic (exact) mass is 615 g/mol. The second-order valence-electron chi connectivity index (χ2n) is 12.0. The largest absolute Gasteiger partial charge is 0.351 e. The summed E-state index contributed by atoms with van der Waals surface area (Å²) in [6, 6.07) is 11.7. The van der Waals surface area contributed by atoms with Crippen LogP contribution in [0, 0.1) is 12.3 Å². The Kier molecular flexibility index (Phi) is 9.05. The third-order valence-electron chi connectivity index (χ3n) is 7.46. The van der Waals surface area contributed by atoms with Crippen LogP contribution >= 0.6 is 11.6 Å². The van der Waals surface area contributed by atoms with Crippen molar-refractivity contribution in [1.29, 1.82) is 0 Å². The smallest absolute Gasteiger partial charge is 0.268 e. The van der Waals surface area contributed by atoms with Gasteiger partial charge in [0.15, 0.2) is 0 Å². The van der Waals surface area contributed by atoms with E-state index in [-0.39, 0.29) is 47.4 Å². The summed E-state index contributed by atoms with van der Waals surface area (Å²) < 4.78 is 28.3. The standard InChI is InChI=1S/C30H38ClN5O5S/c1-18-11-12-25(22(31)15-18)42(40,41)34-20(3)28(38)35-13-14-36(19(2)17-35)29(39)26(30(4,5)6)33-27(37)24-16-21-9-7-8-10-23(21)32-24/h7-12,15-16,19-20,26,32,34H,13-14,17H2,1-6H3,(H,33,37)/t19-,20-,26+/m0/s1. The van der Waals surface area contributed by atoms with Crippen molar-refractivity contribution in [1.82, 2.24) is 24.8 Å². The number of hydrogen-bond acceptors (Lipinski definition) is 5. The molecule has 3 N–H and O–H groups in total. The van der Waals surface area contributed by atoms with Gasteiger partial charge < -0.3 is 20.1 Å². The highest BCUT2D eigenvalue weighted by molar-refractivity contribution is 7.89. The summed E-state index contributed by atoms with van der Waals surface area (Å²) in [4.78, 5) is 46.4. The maximum atomic E-state index is 13.8. The first-order chi connectivity index (χ1) is 19.6. The van der Waals surface area contributed by atoms with E-state index in [1.54, 1.807) is 34.9 Å². The van der Waals surface area contributed by atoms with Crippen LogP contribution in [0.2, 0.25) is 5.02 Å². The van der Waals surface area contributed by atoms with E-state index in [9.17, 15) is 22.8 Å². The number of carbonyl (C=O) groups is 3. The van der Waals surface area contributed by atoms with Crippen LogP contribution in [-0.2, 0) is 19.6 Å². The summed E-state index contributed by atoms with van der Waals surface area (Å²) in [6.07, 6.45) is 0. The van der Waals surface area contributed by atoms with Crippen molar-refractivity contribution in [2.75, 3.05) is 19.6 Å². The molecule has 1 aliphatic rings. The molecular weight excluding hydrogens is 578 g/mol. The van der Waals surface area contributed by atoms with Gasteiger partial charge in [-0.3, -0.25) is 14.4 Å². The molecule has 3 atom stereocenters. The lowest BCUT2D eigenvalue weighted by molar-refractivity contribution is -0.146. The van der Waals surface area contributed by atoms with Crippen molar-refractivity contribution in [2.24, 2.45) is 5.41 Å². The fourth-order valence-corrected chi connectivity index (χ4v) is 6.94. The van der Waals surface area contributed by atoms with Gasteiger partial charge in [0.1, 0.15) is 16.6 Å². The number of carbonyl (C=O) groups excluding carboxylic acids is 3. The first-order valence-corrected chi connectivity index (χ1v) is 15.7. The van der Waals surface area contributed by atoms with Gasteiger partial charge in [-0.1, -0.05) is 56.6 Å². The number of benzene rings is 2. The summed E-state index contributed by atoms with van der Waals surface area (Å²) in [6.45, 7) is 11.5. The number of rotatable bonds is 7. The van der Waals surface area contributed by atoms with Crippen LogP contribution in [0.5, 0.6) is 0 Å². The molecule has 0 radical (unpaired) electrons. The molecule has 1 saturated heterocycles. The number of nitrogens with zero attached hydrogens (tertiary/aromatic N) is 2. The molecule has 3 aromatic rings. The Hall–Kier alpha value is -3.41. The highest BCUT2D eigenvalue weighted by atomic mass is 35.5. The van der Waals surface area contributed by atoms with Gasteiger partial charge in [0.2, 0.25) is 21.8 Å². The summed E-state index contributed by atoms with van der Waals surface area (Å²) in [5, 5.41) is 3.90. The number of amides is 3. The molecule has 1 aliphatic heterocycles. The topological polar surface area (TPSA) is 132 Å². The maximum Gasteiger partial charge on any atom is 0.268 e. The second-order valence-corrected chi connectivity index (χ2v) is 14.1. The summed E-state index contributed by atoms with van der Waals surface area (Å²) in [5.74, 6) is -1.02. The summed E-state index contributed by atoms with van der Waals surface area (Å²) in [7, 11) is -4.04. The van der Waals surface area contributed by atoms with Gasteiger partial charge in [0.05, 0.1) is 11.1 Å². The first kappa shape index (κ1) is 31.5. The van der Waals surface area contributed by atoms with Crippen molar-refractivity contribution < 1.29 is 22.8 Å². The SMILES string of the molecule is Cc1ccc(S(=O)(=O)N[C@@H](C)C(=O)N2CCN(C(=O)[C@@H](NC(=O)c3cc4ccccc4[nH]3)C(C)(C)C)[C@@H](C)C2)c(Cl)c1. The van der Waals surface area contributed by atoms with Crippen LogP contribution in [0.1, 0.15) is 50.7 Å². The average Bonchev–Trinajstić information content (AvgIpc) is 3.34. The third-order valence-corrected chi connectivity index (χ3v) is 9.49. The Morgan fingerprint density at radius 2 is 1.74 bits per heavy atom. The Morgan fingerprint density at radius 3 is 2.36 bits per heavy atom. The van der Waals surface area contributed by atoms with Crippen molar-refractivity contribution in [2.45, 2.75) is 64.6 Å². The molecule has 2 aromatic carbocycles. The van der Waals surface area contributed by atoms with Gasteiger partial charge in [-0.25, -0.2) is 8.42 Å². The van der Waals surface area contributed by atoms with Crippen LogP contribution in [0.4, 0.5) is 0 Å². The van der Waals surface area contributed by atoms with Gasteiger partial charge >= 0.3 is 0 Å². The number of aryl methyl sites for hydroxylation is 1. The fourth-order valence-electron chi connectivity index (χ4n) is 5.15. The van der Waals surface area contributed by atoms with E-state index in [2.05, 4.69) is 15.0 Å². The van der Waals surface area contributed by atoms with Crippen LogP contribution in [0.25, 0.3) is 10.9 Å². The zero-order valence-corrected chi connectivity index (χ0v) is 26.3. The number of para-hydroxylation sites is 1. The van der Waals surface area contributed by atoms with E-state index in [0.717, 1.165) is 16.5 Å². The molecule has 0 bridgehead atoms. The quantitative estimate of drug-likeness (QED) is 0.373. The lowest BCUT2D eigenvalue weighted by Crippen LogP contribution is -2.63. The van der Waals surface area contributed by atoms with Crippen LogP contribution in [0.3, 0.4) is 0 Å². The minimum absolute atomic E-state index is 0.0768. The second kappa shape index (κ2) is 12.1. The van der Waals surface area contributed by atoms with Crippen molar-refractivity contribution in [3.63, 3.8) is 0 Å². The van der Waals surface area contributed by atoms with Gasteiger partial charge in [-0.05, 0) is 56.0 Å². The number of aromatic nitrogens is 1. The third kappa shape index (κ3) is 6.79. The molecule has 4 rings (SSSR count). The molecule has 226 valence electrons. The molecule has 0 spiro atoms. The molecule has 12 heteroatoms. The fraction of sp³-hybridized carbons (Fsp3) is 0.433. The number of nitrogens with one attached hydrogen (secondary N) is 3. The van der Waals surface area contributed by atoms with E-state index in [1.807, 2.05) is 52.0 Å². The predicted octanol–water partition coefficient (Wildman–Crippen LogP) is 3.70. The van der Waals surface area contributed by atoms with Crippen LogP contribution < -0.4 is 10.0 Å². The van der Waals surface area contributed by atoms with Crippen LogP contribution in [-0.4, -0.2) is 78.7 Å². The Bertz CT molecular complexity index is 1580. The average molecular weight is 616 g/mol. The Labute approximate surface area is 251 Å². The van der Waals surface area contributed by atoms with Gasteiger partial charge in [0, 0.05) is 36.6 Å². The van der Waals surface area contributed by atoms with E-state index in [1.165, 1.54) is 13.0 Å². The van der Waals surface area contributed by atoms with Crippen LogP contribution in [0.15, 0.2) is 53.4 Å². The molecule has 1 fully saturated rings. The number of H-pyrrole nitrogens is 1. The molecule has 10 nitrogen and oxygen atoms in total. The maximum absolute atomic E-state index is 13.8. The molecule has 2 heterocycles. The molecular formula is C30H38ClN5O5S. The molecule has 0 saturated carbocycles. The number of sulfonamides is 1. The van der Waals surface area contributed by atoms with Gasteiger partial charge in [-0.15, -0.1) is 0 Å². The lowest BCUT2D eigenvalue weighted by Gasteiger charge is -2.43. The molecule has 3 amide bonds. The minimum atomic E-state index is -4.04. The highest BCUT2D eigenvalue weighted by Gasteiger charge is 2.40. The summed E-state index contributed by atoms with van der Waals surface area (Å²) in [5.41, 5.74) is 1.42. The first-order valence-electron chi connectivity index (χ1n) is 13.8. The zero-order chi connectivity index (χ0) is 31.0. The number of aromatic amines is 1. The number of fused-ring (bicyclic) bond motifs is 1. The number of piperazine rings is 1. The predicted molar refractivity (Wildman–Crippen MR) is 163 cm³/mol. The van der Waals surface area contributed by atoms with E-state index in [0.29, 0.717) is 5.69 Å². The number of halogens is 1. The van der Waals surface area contributed by atoms with E-state index >= 15 is 0 Å². The van der Waals surface area contributed by atoms with Crippen molar-refractivity contribution in [3.05, 3.63) is 64.8 Å². The molecule has 1 aromatic heterocycles. The normalized spacial score (nSPS) is 17.6. The lowest BCUT2D eigenvalue weighted by atomic mass is 9.85. The van der Waals surface area contributed by atoms with E-state index < -0.39 is 33.4 Å². The molecule has 42 heavy (non-hydrogen) atoms. The van der Waals surface area contributed by atoms with E-state index in [4.69, 9.17) is 11.6 Å². The zero-order valence-electron chi connectivity index (χ0n) is 24.7.